The smallest absolute Gasteiger partial charge is 0.272 e. The molecule has 1 aliphatic rings. The van der Waals surface area contributed by atoms with Crippen LogP contribution in [0.15, 0.2) is 0 Å². The molecule has 1 fully saturated rings. The van der Waals surface area contributed by atoms with E-state index < -0.39 is 17.8 Å². The van der Waals surface area contributed by atoms with E-state index in [0.717, 1.165) is 10.0 Å². The number of barbiturate groups is 1. The first-order valence-corrected chi connectivity index (χ1v) is 3.66. The summed E-state index contributed by atoms with van der Waals surface area (Å²) in [5, 5.41) is 1.55. The molecule has 0 aliphatic carbocycles. The van der Waals surface area contributed by atoms with Crippen molar-refractivity contribution in [2.75, 3.05) is 14.1 Å². The van der Waals surface area contributed by atoms with Crippen LogP contribution in [0.4, 0.5) is 4.79 Å². The van der Waals surface area contributed by atoms with E-state index >= 15 is 0 Å². The molecule has 0 unspecified atom stereocenters. The van der Waals surface area contributed by atoms with Crippen molar-refractivity contribution in [3.05, 3.63) is 0 Å². The SMILES string of the molecule is CNN1C(=O)CC(=O)N(NC)C1=O. The molecule has 0 aromatic rings. The number of rotatable bonds is 2. The normalized spacial score (nSPS) is 18.5. The highest BCUT2D eigenvalue weighted by atomic mass is 16.2. The predicted octanol–water partition coefficient (Wildman–Crippen LogP) is -1.56. The van der Waals surface area contributed by atoms with Crippen molar-refractivity contribution in [1.82, 2.24) is 20.9 Å². The van der Waals surface area contributed by atoms with E-state index in [1.165, 1.54) is 14.1 Å². The molecule has 1 saturated heterocycles. The van der Waals surface area contributed by atoms with Gasteiger partial charge in [0.05, 0.1) is 0 Å². The lowest BCUT2D eigenvalue weighted by atomic mass is 10.3. The van der Waals surface area contributed by atoms with Gasteiger partial charge in [0.25, 0.3) is 11.8 Å². The highest BCUT2D eigenvalue weighted by molar-refractivity contribution is 6.13. The van der Waals surface area contributed by atoms with Gasteiger partial charge in [-0.25, -0.2) is 15.6 Å². The van der Waals surface area contributed by atoms with E-state index in [4.69, 9.17) is 0 Å². The summed E-state index contributed by atoms with van der Waals surface area (Å²) in [5.74, 6) is -1.10. The Bertz CT molecular complexity index is 241. The second kappa shape index (κ2) is 3.50. The minimum Gasteiger partial charge on any atom is -0.272 e. The third-order valence-electron chi connectivity index (χ3n) is 1.63. The third-order valence-corrected chi connectivity index (χ3v) is 1.63. The summed E-state index contributed by atoms with van der Waals surface area (Å²) in [6, 6.07) is -0.716. The molecule has 0 bridgehead atoms. The molecule has 0 radical (unpaired) electrons. The number of carbonyl (C=O) groups excluding carboxylic acids is 3. The molecule has 1 aliphatic heterocycles. The van der Waals surface area contributed by atoms with Crippen LogP contribution in [-0.2, 0) is 9.59 Å². The minimum atomic E-state index is -0.716. The highest BCUT2D eigenvalue weighted by Gasteiger charge is 2.36. The van der Waals surface area contributed by atoms with Crippen molar-refractivity contribution in [1.29, 1.82) is 0 Å². The standard InChI is InChI=1S/C6H10N4O3/c1-7-9-4(11)3-5(12)10(8-2)6(9)13/h7-8H,3H2,1-2H3. The molecule has 7 heteroatoms. The van der Waals surface area contributed by atoms with Gasteiger partial charge in [0.1, 0.15) is 6.42 Å². The lowest BCUT2D eigenvalue weighted by molar-refractivity contribution is -0.145. The molecular formula is C6H10N4O3. The molecule has 0 saturated carbocycles. The Hall–Kier alpha value is -1.47. The van der Waals surface area contributed by atoms with Crippen LogP contribution in [0, 0.1) is 0 Å². The maximum Gasteiger partial charge on any atom is 0.363 e. The quantitative estimate of drug-likeness (QED) is 0.509. The Labute approximate surface area is 74.6 Å². The van der Waals surface area contributed by atoms with Gasteiger partial charge in [0.15, 0.2) is 0 Å². The number of nitrogens with zero attached hydrogens (tertiary/aromatic N) is 2. The van der Waals surface area contributed by atoms with Gasteiger partial charge in [0, 0.05) is 14.1 Å². The van der Waals surface area contributed by atoms with Crippen LogP contribution in [0.2, 0.25) is 0 Å². The lowest BCUT2D eigenvalue weighted by Gasteiger charge is -2.30. The molecule has 4 amide bonds. The molecule has 13 heavy (non-hydrogen) atoms. The summed E-state index contributed by atoms with van der Waals surface area (Å²) < 4.78 is 0. The van der Waals surface area contributed by atoms with Crippen LogP contribution in [0.25, 0.3) is 0 Å². The molecular weight excluding hydrogens is 176 g/mol. The Balaban J connectivity index is 2.87. The summed E-state index contributed by atoms with van der Waals surface area (Å²) in [4.78, 5) is 33.4. The van der Waals surface area contributed by atoms with E-state index in [1.807, 2.05) is 0 Å². The summed E-state index contributed by atoms with van der Waals surface area (Å²) in [6.07, 6.45) is -0.312. The second-order valence-corrected chi connectivity index (χ2v) is 2.36. The van der Waals surface area contributed by atoms with Crippen molar-refractivity contribution in [2.24, 2.45) is 0 Å². The molecule has 7 nitrogen and oxygen atoms in total. The van der Waals surface area contributed by atoms with Crippen molar-refractivity contribution in [3.63, 3.8) is 0 Å². The Morgan fingerprint density at radius 2 is 1.38 bits per heavy atom. The fraction of sp³-hybridized carbons (Fsp3) is 0.500. The molecule has 2 N–H and O–H groups in total. The zero-order valence-corrected chi connectivity index (χ0v) is 7.33. The Morgan fingerprint density at radius 3 is 1.69 bits per heavy atom. The molecule has 0 aromatic carbocycles. The van der Waals surface area contributed by atoms with Crippen LogP contribution in [0.1, 0.15) is 6.42 Å². The first-order valence-electron chi connectivity index (χ1n) is 3.66. The highest BCUT2D eigenvalue weighted by Crippen LogP contribution is 2.06. The van der Waals surface area contributed by atoms with Gasteiger partial charge in [-0.15, -0.1) is 0 Å². The van der Waals surface area contributed by atoms with Gasteiger partial charge in [0.2, 0.25) is 0 Å². The van der Waals surface area contributed by atoms with Gasteiger partial charge >= 0.3 is 6.03 Å². The van der Waals surface area contributed by atoms with Crippen LogP contribution in [-0.4, -0.2) is 42.0 Å². The zero-order valence-electron chi connectivity index (χ0n) is 7.33. The molecule has 0 aromatic heterocycles. The number of carbonyl (C=O) groups is 3. The summed E-state index contributed by atoms with van der Waals surface area (Å²) in [5.41, 5.74) is 4.78. The number of nitrogens with one attached hydrogen (secondary N) is 2. The molecule has 1 rings (SSSR count). The van der Waals surface area contributed by atoms with E-state index in [9.17, 15) is 14.4 Å². The lowest BCUT2D eigenvalue weighted by Crippen LogP contribution is -2.62. The average molecular weight is 186 g/mol. The first kappa shape index (κ1) is 9.62. The minimum absolute atomic E-state index is 0.312. The van der Waals surface area contributed by atoms with Crippen molar-refractivity contribution in [3.8, 4) is 0 Å². The number of hydrogen-bond acceptors (Lipinski definition) is 5. The van der Waals surface area contributed by atoms with Crippen molar-refractivity contribution < 1.29 is 14.4 Å². The summed E-state index contributed by atoms with van der Waals surface area (Å²) in [7, 11) is 2.86. The Kier molecular flexibility index (Phi) is 2.59. The van der Waals surface area contributed by atoms with Gasteiger partial charge in [-0.1, -0.05) is 0 Å². The predicted molar refractivity (Wildman–Crippen MR) is 41.8 cm³/mol. The molecule has 72 valence electrons. The number of urea groups is 1. The molecule has 1 heterocycles. The maximum atomic E-state index is 11.3. The van der Waals surface area contributed by atoms with Crippen molar-refractivity contribution in [2.45, 2.75) is 6.42 Å². The number of amides is 4. The van der Waals surface area contributed by atoms with Crippen LogP contribution in [0.3, 0.4) is 0 Å². The van der Waals surface area contributed by atoms with E-state index in [2.05, 4.69) is 10.9 Å². The average Bonchev–Trinajstić information content (AvgIpc) is 2.04. The second-order valence-electron chi connectivity index (χ2n) is 2.36. The van der Waals surface area contributed by atoms with Crippen LogP contribution in [0.5, 0.6) is 0 Å². The topological polar surface area (TPSA) is 81.8 Å². The van der Waals surface area contributed by atoms with Gasteiger partial charge in [-0.3, -0.25) is 9.59 Å². The largest absolute Gasteiger partial charge is 0.363 e. The zero-order chi connectivity index (χ0) is 10.0. The Morgan fingerprint density at radius 1 is 1.00 bits per heavy atom. The summed E-state index contributed by atoms with van der Waals surface area (Å²) >= 11 is 0. The number of imide groups is 2. The first-order chi connectivity index (χ1) is 6.11. The summed E-state index contributed by atoms with van der Waals surface area (Å²) in [6.45, 7) is 0. The number of hydrazine groups is 2. The number of hydrogen-bond donors (Lipinski definition) is 2. The monoisotopic (exact) mass is 186 g/mol. The fourth-order valence-electron chi connectivity index (χ4n) is 1.04. The molecule has 0 spiro atoms. The van der Waals surface area contributed by atoms with Crippen LogP contribution >= 0.6 is 0 Å². The van der Waals surface area contributed by atoms with Gasteiger partial charge in [-0.2, -0.15) is 10.0 Å². The van der Waals surface area contributed by atoms with E-state index in [1.54, 1.807) is 0 Å². The maximum absolute atomic E-state index is 11.3. The van der Waals surface area contributed by atoms with Gasteiger partial charge < -0.3 is 0 Å². The molecule has 0 atom stereocenters. The van der Waals surface area contributed by atoms with Gasteiger partial charge in [-0.05, 0) is 0 Å². The van der Waals surface area contributed by atoms with E-state index in [-0.39, 0.29) is 6.42 Å². The third kappa shape index (κ3) is 1.51. The van der Waals surface area contributed by atoms with E-state index in [0.29, 0.717) is 0 Å². The fourth-order valence-corrected chi connectivity index (χ4v) is 1.04. The van der Waals surface area contributed by atoms with Crippen LogP contribution < -0.4 is 10.9 Å². The van der Waals surface area contributed by atoms with Crippen molar-refractivity contribution >= 4 is 17.8 Å².